The predicted molar refractivity (Wildman–Crippen MR) is 121 cm³/mol. The van der Waals surface area contributed by atoms with Crippen LogP contribution in [0, 0.1) is 0 Å². The van der Waals surface area contributed by atoms with Crippen molar-refractivity contribution in [1.82, 2.24) is 19.3 Å². The number of benzene rings is 2. The first-order valence-corrected chi connectivity index (χ1v) is 10.9. The average molecular weight is 446 g/mol. The third-order valence-electron chi connectivity index (χ3n) is 5.25. The van der Waals surface area contributed by atoms with E-state index in [1.807, 2.05) is 30.3 Å². The number of carbonyl (C=O) groups is 2. The predicted octanol–water partition coefficient (Wildman–Crippen LogP) is 2.36. The highest BCUT2D eigenvalue weighted by Crippen LogP contribution is 2.33. The third kappa shape index (κ3) is 3.54. The topological polar surface area (TPSA) is 125 Å². The molecule has 1 aliphatic heterocycles. The van der Waals surface area contributed by atoms with Crippen LogP contribution < -0.4 is 16.6 Å². The number of amides is 2. The molecule has 32 heavy (non-hydrogen) atoms. The molecule has 0 unspecified atom stereocenters. The summed E-state index contributed by atoms with van der Waals surface area (Å²) >= 11 is 1.45. The summed E-state index contributed by atoms with van der Waals surface area (Å²) in [4.78, 5) is 41.6. The maximum Gasteiger partial charge on any atom is 0.265 e. The number of aromatic nitrogens is 4. The zero-order valence-electron chi connectivity index (χ0n) is 16.8. The summed E-state index contributed by atoms with van der Waals surface area (Å²) in [6, 6.07) is 15.5. The van der Waals surface area contributed by atoms with E-state index in [0.717, 1.165) is 5.69 Å². The van der Waals surface area contributed by atoms with Gasteiger partial charge in [-0.15, -0.1) is 0 Å². The number of nitrogens with one attached hydrogen (secondary N) is 1. The normalized spacial score (nSPS) is 14.9. The number of anilines is 1. The van der Waals surface area contributed by atoms with Gasteiger partial charge in [-0.2, -0.15) is 5.10 Å². The lowest BCUT2D eigenvalue weighted by Gasteiger charge is -2.13. The van der Waals surface area contributed by atoms with E-state index in [4.69, 9.17) is 5.73 Å². The van der Waals surface area contributed by atoms with Crippen LogP contribution in [0.1, 0.15) is 22.8 Å². The lowest BCUT2D eigenvalue weighted by atomic mass is 10.2. The highest BCUT2D eigenvalue weighted by Gasteiger charge is 2.29. The fourth-order valence-electron chi connectivity index (χ4n) is 3.68. The van der Waals surface area contributed by atoms with Gasteiger partial charge in [-0.3, -0.25) is 19.0 Å². The van der Waals surface area contributed by atoms with Crippen molar-refractivity contribution in [2.75, 3.05) is 11.1 Å². The minimum absolute atomic E-state index is 0.123. The Balaban J connectivity index is 1.39. The van der Waals surface area contributed by atoms with Gasteiger partial charge in [0.2, 0.25) is 11.8 Å². The number of hydrogen-bond acceptors (Lipinski definition) is 6. The molecule has 5 rings (SSSR count). The first-order chi connectivity index (χ1) is 15.5. The van der Waals surface area contributed by atoms with Crippen LogP contribution in [0.3, 0.4) is 0 Å². The summed E-state index contributed by atoms with van der Waals surface area (Å²) in [6.07, 6.45) is 1.64. The molecule has 0 radical (unpaired) electrons. The molecule has 0 fully saturated rings. The molecule has 1 aliphatic rings. The number of rotatable bonds is 5. The number of para-hydroxylation sites is 1. The van der Waals surface area contributed by atoms with Crippen LogP contribution in [0.25, 0.3) is 16.7 Å². The second-order valence-corrected chi connectivity index (χ2v) is 8.34. The second-order valence-electron chi connectivity index (χ2n) is 7.36. The van der Waals surface area contributed by atoms with Gasteiger partial charge in [0.1, 0.15) is 5.39 Å². The molecule has 0 bridgehead atoms. The number of nitrogens with two attached hydrogens (primary N) is 1. The Hall–Kier alpha value is -3.92. The minimum Gasteiger partial charge on any atom is -0.366 e. The molecule has 0 spiro atoms. The quantitative estimate of drug-likeness (QED) is 0.454. The van der Waals surface area contributed by atoms with E-state index in [-0.39, 0.29) is 23.9 Å². The van der Waals surface area contributed by atoms with Crippen LogP contribution in [-0.4, -0.2) is 36.9 Å². The number of nitrogens with zero attached hydrogens (tertiary/aromatic N) is 4. The summed E-state index contributed by atoms with van der Waals surface area (Å²) in [6.45, 7) is 0. The number of carbonyl (C=O) groups excluding carboxylic acids is 2. The van der Waals surface area contributed by atoms with Crippen LogP contribution in [0.2, 0.25) is 0 Å². The van der Waals surface area contributed by atoms with E-state index in [1.165, 1.54) is 18.0 Å². The van der Waals surface area contributed by atoms with Crippen molar-refractivity contribution in [2.45, 2.75) is 17.6 Å². The standard InChI is InChI=1S/C22H18N6O3S/c23-19(30)13-6-8-14(9-7-13)25-18(29)10-16-12-32-22-26-20-17(21(31)27(16)22)11-24-28(20)15-4-2-1-3-5-15/h1-9,11,16H,10,12H2,(H2,23,30)(H,25,29)/t16-/m0/s1. The lowest BCUT2D eigenvalue weighted by Crippen LogP contribution is -2.27. The monoisotopic (exact) mass is 446 g/mol. The molecule has 2 amide bonds. The van der Waals surface area contributed by atoms with Crippen LogP contribution in [-0.2, 0) is 4.79 Å². The Kier molecular flexibility index (Phi) is 4.98. The fraction of sp³-hybridized carbons (Fsp3) is 0.136. The van der Waals surface area contributed by atoms with Gasteiger partial charge >= 0.3 is 0 Å². The number of fused-ring (bicyclic) bond motifs is 2. The van der Waals surface area contributed by atoms with Crippen molar-refractivity contribution >= 4 is 40.3 Å². The first-order valence-electron chi connectivity index (χ1n) is 9.89. The summed E-state index contributed by atoms with van der Waals surface area (Å²) in [5, 5.41) is 8.13. The van der Waals surface area contributed by atoms with E-state index in [2.05, 4.69) is 15.4 Å². The highest BCUT2D eigenvalue weighted by atomic mass is 32.2. The van der Waals surface area contributed by atoms with Crippen molar-refractivity contribution in [2.24, 2.45) is 5.73 Å². The highest BCUT2D eigenvalue weighted by molar-refractivity contribution is 7.99. The zero-order chi connectivity index (χ0) is 22.2. The molecular formula is C22H18N6O3S. The first kappa shape index (κ1) is 20.0. The molecule has 0 aliphatic carbocycles. The van der Waals surface area contributed by atoms with Gasteiger partial charge in [0.15, 0.2) is 10.8 Å². The Morgan fingerprint density at radius 2 is 1.88 bits per heavy atom. The van der Waals surface area contributed by atoms with Crippen LogP contribution in [0.4, 0.5) is 5.69 Å². The molecule has 0 saturated carbocycles. The van der Waals surface area contributed by atoms with Crippen molar-refractivity contribution in [3.8, 4) is 5.69 Å². The minimum atomic E-state index is -0.531. The van der Waals surface area contributed by atoms with Gasteiger partial charge in [-0.05, 0) is 36.4 Å². The molecule has 3 heterocycles. The van der Waals surface area contributed by atoms with Crippen LogP contribution in [0.5, 0.6) is 0 Å². The molecule has 3 N–H and O–H groups in total. The molecule has 2 aromatic carbocycles. The van der Waals surface area contributed by atoms with E-state index < -0.39 is 5.91 Å². The molecule has 9 nitrogen and oxygen atoms in total. The van der Waals surface area contributed by atoms with Gasteiger partial charge < -0.3 is 11.1 Å². The van der Waals surface area contributed by atoms with Gasteiger partial charge in [0.05, 0.1) is 17.9 Å². The summed E-state index contributed by atoms with van der Waals surface area (Å²) < 4.78 is 3.23. The second kappa shape index (κ2) is 7.97. The molecule has 1 atom stereocenters. The molecule has 4 aromatic rings. The summed E-state index contributed by atoms with van der Waals surface area (Å²) in [5.41, 5.74) is 7.26. The molecule has 10 heteroatoms. The van der Waals surface area contributed by atoms with Crippen molar-refractivity contribution in [3.63, 3.8) is 0 Å². The number of hydrogen-bond donors (Lipinski definition) is 2. The zero-order valence-corrected chi connectivity index (χ0v) is 17.6. The Morgan fingerprint density at radius 3 is 2.59 bits per heavy atom. The van der Waals surface area contributed by atoms with Gasteiger partial charge in [-0.25, -0.2) is 9.67 Å². The van der Waals surface area contributed by atoms with Gasteiger partial charge in [-0.1, -0.05) is 30.0 Å². The van der Waals surface area contributed by atoms with Crippen LogP contribution >= 0.6 is 11.8 Å². The molecular weight excluding hydrogens is 428 g/mol. The van der Waals surface area contributed by atoms with Gasteiger partial charge in [0.25, 0.3) is 5.56 Å². The molecule has 2 aromatic heterocycles. The maximum atomic E-state index is 13.2. The van der Waals surface area contributed by atoms with Gasteiger partial charge in [0, 0.05) is 23.4 Å². The summed E-state index contributed by atoms with van der Waals surface area (Å²) in [7, 11) is 0. The largest absolute Gasteiger partial charge is 0.366 e. The number of primary amides is 1. The maximum absolute atomic E-state index is 13.2. The van der Waals surface area contributed by atoms with Crippen LogP contribution in [0.15, 0.2) is 70.7 Å². The van der Waals surface area contributed by atoms with Crippen molar-refractivity contribution in [1.29, 1.82) is 0 Å². The molecule has 0 saturated heterocycles. The van der Waals surface area contributed by atoms with Crippen molar-refractivity contribution < 1.29 is 9.59 Å². The van der Waals surface area contributed by atoms with E-state index in [1.54, 1.807) is 33.5 Å². The lowest BCUT2D eigenvalue weighted by molar-refractivity contribution is -0.116. The Morgan fingerprint density at radius 1 is 1.12 bits per heavy atom. The third-order valence-corrected chi connectivity index (χ3v) is 6.34. The van der Waals surface area contributed by atoms with E-state index >= 15 is 0 Å². The fourth-order valence-corrected chi connectivity index (χ4v) is 4.81. The van der Waals surface area contributed by atoms with Crippen molar-refractivity contribution in [3.05, 3.63) is 76.7 Å². The summed E-state index contributed by atoms with van der Waals surface area (Å²) in [5.74, 6) is -0.194. The smallest absolute Gasteiger partial charge is 0.265 e. The van der Waals surface area contributed by atoms with E-state index in [9.17, 15) is 14.4 Å². The van der Waals surface area contributed by atoms with E-state index in [0.29, 0.717) is 33.2 Å². The number of thioether (sulfide) groups is 1. The average Bonchev–Trinajstić information content (AvgIpc) is 3.40. The Labute approximate surface area is 186 Å². The Bertz CT molecular complexity index is 1400. The molecule has 160 valence electrons. The SMILES string of the molecule is NC(=O)c1ccc(NC(=O)C[C@H]2CSc3nc4c(cnn4-c4ccccc4)c(=O)n32)cc1.